The minimum atomic E-state index is -0.498. The summed E-state index contributed by atoms with van der Waals surface area (Å²) < 4.78 is 11.9. The van der Waals surface area contributed by atoms with Crippen LogP contribution in [0.3, 0.4) is 0 Å². The minimum absolute atomic E-state index is 0.0248. The molecule has 3 aromatic carbocycles. The summed E-state index contributed by atoms with van der Waals surface area (Å²) >= 11 is 0. The number of rotatable bonds is 11. The molecule has 0 atom stereocenters. The molecule has 0 aliphatic heterocycles. The quantitative estimate of drug-likeness (QED) is 0.103. The second kappa shape index (κ2) is 11.9. The van der Waals surface area contributed by atoms with Gasteiger partial charge < -0.3 is 9.47 Å². The zero-order chi connectivity index (χ0) is 26.1. The molecule has 9 nitrogen and oxygen atoms in total. The molecule has 0 radical (unpaired) electrons. The summed E-state index contributed by atoms with van der Waals surface area (Å²) in [5.74, 6) is 0.934. The van der Waals surface area contributed by atoms with Crippen LogP contribution in [0.15, 0.2) is 73.3 Å². The third-order valence-electron chi connectivity index (χ3n) is 5.14. The van der Waals surface area contributed by atoms with Crippen molar-refractivity contribution in [2.45, 2.75) is 20.0 Å². The second-order valence-electron chi connectivity index (χ2n) is 7.62. The zero-order valence-corrected chi connectivity index (χ0v) is 19.5. The van der Waals surface area contributed by atoms with Gasteiger partial charge in [-0.25, -0.2) is 0 Å². The van der Waals surface area contributed by atoms with Gasteiger partial charge in [0.05, 0.1) is 28.1 Å². The van der Waals surface area contributed by atoms with Crippen molar-refractivity contribution in [1.29, 1.82) is 5.26 Å². The van der Waals surface area contributed by atoms with Crippen LogP contribution >= 0.6 is 0 Å². The Balaban J connectivity index is 1.99. The van der Waals surface area contributed by atoms with Gasteiger partial charge in [0, 0.05) is 29.8 Å². The monoisotopic (exact) mass is 485 g/mol. The largest absolute Gasteiger partial charge is 0.490 e. The average molecular weight is 485 g/mol. The van der Waals surface area contributed by atoms with Gasteiger partial charge in [0.2, 0.25) is 0 Å². The van der Waals surface area contributed by atoms with E-state index in [1.807, 2.05) is 13.0 Å². The Labute approximate surface area is 207 Å². The average Bonchev–Trinajstić information content (AvgIpc) is 2.87. The first kappa shape index (κ1) is 25.6. The lowest BCUT2D eigenvalue weighted by molar-refractivity contribution is -0.385. The van der Waals surface area contributed by atoms with Crippen molar-refractivity contribution in [2.75, 3.05) is 6.61 Å². The zero-order valence-electron chi connectivity index (χ0n) is 19.5. The van der Waals surface area contributed by atoms with Crippen molar-refractivity contribution < 1.29 is 19.3 Å². The summed E-state index contributed by atoms with van der Waals surface area (Å²) in [5, 5.41) is 31.7. The van der Waals surface area contributed by atoms with E-state index in [4.69, 9.17) is 9.47 Å². The van der Waals surface area contributed by atoms with E-state index in [-0.39, 0.29) is 18.0 Å². The molecule has 0 N–H and O–H groups in total. The van der Waals surface area contributed by atoms with E-state index in [2.05, 4.69) is 12.6 Å². The lowest BCUT2D eigenvalue weighted by Gasteiger charge is -2.17. The fourth-order valence-corrected chi connectivity index (χ4v) is 3.53. The van der Waals surface area contributed by atoms with Crippen molar-refractivity contribution in [3.8, 4) is 17.6 Å². The summed E-state index contributed by atoms with van der Waals surface area (Å²) in [6.45, 7) is 6.09. The number of nitro groups is 2. The van der Waals surface area contributed by atoms with Crippen LogP contribution in [-0.2, 0) is 13.0 Å². The predicted molar refractivity (Wildman–Crippen MR) is 136 cm³/mol. The summed E-state index contributed by atoms with van der Waals surface area (Å²) in [6.07, 6.45) is 3.83. The molecule has 0 amide bonds. The molecular weight excluding hydrogens is 462 g/mol. The van der Waals surface area contributed by atoms with Crippen molar-refractivity contribution in [3.63, 3.8) is 0 Å². The maximum Gasteiger partial charge on any atom is 0.269 e. The number of nitro benzene ring substituents is 2. The molecule has 0 bridgehead atoms. The van der Waals surface area contributed by atoms with Crippen molar-refractivity contribution >= 4 is 23.0 Å². The number of nitrogens with zero attached hydrogens (tertiary/aromatic N) is 3. The van der Waals surface area contributed by atoms with E-state index in [1.54, 1.807) is 30.4 Å². The minimum Gasteiger partial charge on any atom is -0.490 e. The molecule has 0 heterocycles. The van der Waals surface area contributed by atoms with Gasteiger partial charge in [-0.1, -0.05) is 18.2 Å². The molecule has 0 spiro atoms. The maximum atomic E-state index is 11.1. The Kier molecular flexibility index (Phi) is 8.51. The summed E-state index contributed by atoms with van der Waals surface area (Å²) in [6, 6.07) is 17.7. The SMILES string of the molecule is C=CCc1cc(/C=C(/C#N)c2ccc([N+](=O)[O-])cc2)cc(OCC)c1OCc1cccc([N+](=O)[O-])c1. The van der Waals surface area contributed by atoms with Crippen LogP contribution in [0.5, 0.6) is 11.5 Å². The number of benzene rings is 3. The molecule has 36 heavy (non-hydrogen) atoms. The Bertz CT molecular complexity index is 1360. The molecule has 182 valence electrons. The number of hydrogen-bond acceptors (Lipinski definition) is 7. The Morgan fingerprint density at radius 1 is 1.03 bits per heavy atom. The van der Waals surface area contributed by atoms with E-state index in [0.717, 1.165) is 5.56 Å². The van der Waals surface area contributed by atoms with Crippen LogP contribution in [0.25, 0.3) is 11.6 Å². The lowest BCUT2D eigenvalue weighted by Crippen LogP contribution is -2.04. The molecule has 9 heteroatoms. The number of allylic oxidation sites excluding steroid dienone is 2. The van der Waals surface area contributed by atoms with Gasteiger partial charge in [0.25, 0.3) is 11.4 Å². The molecule has 0 saturated heterocycles. The molecule has 0 unspecified atom stereocenters. The van der Waals surface area contributed by atoms with Crippen LogP contribution in [0.2, 0.25) is 0 Å². The van der Waals surface area contributed by atoms with Gasteiger partial charge in [-0.2, -0.15) is 5.26 Å². The smallest absolute Gasteiger partial charge is 0.269 e. The van der Waals surface area contributed by atoms with Gasteiger partial charge in [-0.3, -0.25) is 20.2 Å². The van der Waals surface area contributed by atoms with Gasteiger partial charge in [0.1, 0.15) is 6.61 Å². The Morgan fingerprint density at radius 3 is 2.36 bits per heavy atom. The predicted octanol–water partition coefficient (Wildman–Crippen LogP) is 6.27. The molecular formula is C27H23N3O6. The van der Waals surface area contributed by atoms with E-state index < -0.39 is 9.85 Å². The van der Waals surface area contributed by atoms with Gasteiger partial charge in [0.15, 0.2) is 11.5 Å². The van der Waals surface area contributed by atoms with Crippen LogP contribution in [-0.4, -0.2) is 16.5 Å². The first-order valence-corrected chi connectivity index (χ1v) is 11.0. The van der Waals surface area contributed by atoms with Crippen LogP contribution in [0, 0.1) is 31.6 Å². The highest BCUT2D eigenvalue weighted by molar-refractivity contribution is 5.90. The van der Waals surface area contributed by atoms with E-state index >= 15 is 0 Å². The number of ether oxygens (including phenoxy) is 2. The van der Waals surface area contributed by atoms with Gasteiger partial charge >= 0.3 is 0 Å². The molecule has 0 aromatic heterocycles. The molecule has 0 aliphatic rings. The topological polar surface area (TPSA) is 129 Å². The third-order valence-corrected chi connectivity index (χ3v) is 5.14. The summed E-state index contributed by atoms with van der Waals surface area (Å²) in [5.41, 5.74) is 2.84. The standard InChI is InChI=1S/C27H23N3O6/c1-3-6-22-13-20(14-23(17-28)21-9-11-24(12-10-21)29(31)32)16-26(35-4-2)27(22)36-18-19-7-5-8-25(15-19)30(33)34/h3,5,7-16H,1,4,6,18H2,2H3/b23-14-. The maximum absolute atomic E-state index is 11.1. The number of non-ortho nitro benzene ring substituents is 2. The summed E-state index contributed by atoms with van der Waals surface area (Å²) in [4.78, 5) is 21.0. The van der Waals surface area contributed by atoms with Gasteiger partial charge in [-0.05, 0) is 60.4 Å². The fourth-order valence-electron chi connectivity index (χ4n) is 3.53. The molecule has 3 aromatic rings. The second-order valence-corrected chi connectivity index (χ2v) is 7.62. The van der Waals surface area contributed by atoms with Crippen molar-refractivity contribution in [3.05, 3.63) is 116 Å². The van der Waals surface area contributed by atoms with Gasteiger partial charge in [-0.15, -0.1) is 6.58 Å². The molecule has 0 aliphatic carbocycles. The first-order valence-electron chi connectivity index (χ1n) is 11.0. The number of hydrogen-bond donors (Lipinski definition) is 0. The number of nitriles is 1. The van der Waals surface area contributed by atoms with E-state index in [1.165, 1.54) is 36.4 Å². The Morgan fingerprint density at radius 2 is 1.75 bits per heavy atom. The molecule has 0 saturated carbocycles. The summed E-state index contributed by atoms with van der Waals surface area (Å²) in [7, 11) is 0. The highest BCUT2D eigenvalue weighted by Gasteiger charge is 2.15. The lowest BCUT2D eigenvalue weighted by atomic mass is 10.0. The fraction of sp³-hybridized carbons (Fsp3) is 0.148. The highest BCUT2D eigenvalue weighted by Crippen LogP contribution is 2.36. The van der Waals surface area contributed by atoms with Crippen LogP contribution in [0.1, 0.15) is 29.2 Å². The van der Waals surface area contributed by atoms with E-state index in [9.17, 15) is 25.5 Å². The van der Waals surface area contributed by atoms with Crippen molar-refractivity contribution in [1.82, 2.24) is 0 Å². The molecule has 3 rings (SSSR count). The van der Waals surface area contributed by atoms with Crippen LogP contribution in [0.4, 0.5) is 11.4 Å². The third kappa shape index (κ3) is 6.33. The Hall–Kier alpha value is -4.97. The molecule has 0 fully saturated rings. The highest BCUT2D eigenvalue weighted by atomic mass is 16.6. The van der Waals surface area contributed by atoms with Crippen molar-refractivity contribution in [2.24, 2.45) is 0 Å². The normalized spacial score (nSPS) is 10.8. The van der Waals surface area contributed by atoms with Crippen LogP contribution < -0.4 is 9.47 Å². The first-order chi connectivity index (χ1) is 17.4. The van der Waals surface area contributed by atoms with E-state index in [0.29, 0.717) is 46.8 Å².